The zero-order valence-corrected chi connectivity index (χ0v) is 23.9. The number of hydrogen-bond acceptors (Lipinski definition) is 7. The van der Waals surface area contributed by atoms with Crippen molar-refractivity contribution >= 4 is 44.0 Å². The standard InChI is InChI=1S/C30H28BrN3O5/c1-30(2,3)17-38-26-15-21(31)18(13-25(26)37-5)16-32-34-28(33-22-10-7-6-9-19(22)29(34)35)27-14-20-23(36-4)11-8-12-24(20)39-27/h6-16H,17H2,1-5H3. The van der Waals surface area contributed by atoms with Gasteiger partial charge in [-0.1, -0.05) is 39.0 Å². The SMILES string of the molecule is COc1cc(C=Nn2c(-c3cc4c(OC)cccc4o3)nc3ccccc3c2=O)c(Br)cc1OCC(C)(C)C. The predicted octanol–water partition coefficient (Wildman–Crippen LogP) is 6.90. The lowest BCUT2D eigenvalue weighted by Crippen LogP contribution is -2.20. The predicted molar refractivity (Wildman–Crippen MR) is 156 cm³/mol. The molecular weight excluding hydrogens is 562 g/mol. The van der Waals surface area contributed by atoms with Gasteiger partial charge in [-0.15, -0.1) is 0 Å². The summed E-state index contributed by atoms with van der Waals surface area (Å²) in [7, 11) is 3.18. The van der Waals surface area contributed by atoms with Crippen molar-refractivity contribution in [1.82, 2.24) is 9.66 Å². The molecule has 5 rings (SSSR count). The highest BCUT2D eigenvalue weighted by Gasteiger charge is 2.19. The zero-order chi connectivity index (χ0) is 27.7. The normalized spacial score (nSPS) is 11.9. The summed E-state index contributed by atoms with van der Waals surface area (Å²) in [5, 5.41) is 5.77. The first-order valence-corrected chi connectivity index (χ1v) is 13.1. The second-order valence-electron chi connectivity index (χ2n) is 10.2. The van der Waals surface area contributed by atoms with Gasteiger partial charge in [0.2, 0.25) is 5.82 Å². The summed E-state index contributed by atoms with van der Waals surface area (Å²) in [6.45, 7) is 6.81. The van der Waals surface area contributed by atoms with Crippen molar-refractivity contribution < 1.29 is 18.6 Å². The van der Waals surface area contributed by atoms with Crippen molar-refractivity contribution in [3.63, 3.8) is 0 Å². The summed E-state index contributed by atoms with van der Waals surface area (Å²) < 4.78 is 25.1. The average molecular weight is 590 g/mol. The molecule has 0 saturated carbocycles. The second-order valence-corrected chi connectivity index (χ2v) is 11.0. The first-order chi connectivity index (χ1) is 18.7. The highest BCUT2D eigenvalue weighted by Crippen LogP contribution is 2.35. The monoisotopic (exact) mass is 589 g/mol. The molecule has 0 amide bonds. The van der Waals surface area contributed by atoms with Crippen molar-refractivity contribution in [1.29, 1.82) is 0 Å². The van der Waals surface area contributed by atoms with E-state index in [-0.39, 0.29) is 16.8 Å². The number of para-hydroxylation sites is 1. The number of furan rings is 1. The van der Waals surface area contributed by atoms with Crippen LogP contribution in [-0.4, -0.2) is 36.7 Å². The molecule has 2 heterocycles. The van der Waals surface area contributed by atoms with E-state index in [1.807, 2.05) is 30.3 Å². The maximum absolute atomic E-state index is 13.6. The van der Waals surface area contributed by atoms with Gasteiger partial charge in [-0.2, -0.15) is 9.78 Å². The van der Waals surface area contributed by atoms with Crippen LogP contribution in [0.4, 0.5) is 0 Å². The highest BCUT2D eigenvalue weighted by atomic mass is 79.9. The van der Waals surface area contributed by atoms with Gasteiger partial charge in [-0.05, 0) is 63.8 Å². The van der Waals surface area contributed by atoms with E-state index in [1.54, 1.807) is 50.8 Å². The number of fused-ring (bicyclic) bond motifs is 2. The average Bonchev–Trinajstić information content (AvgIpc) is 3.36. The third-order valence-electron chi connectivity index (χ3n) is 5.97. The van der Waals surface area contributed by atoms with Crippen molar-refractivity contribution in [2.75, 3.05) is 20.8 Å². The molecule has 0 aliphatic carbocycles. The van der Waals surface area contributed by atoms with Crippen LogP contribution in [0.3, 0.4) is 0 Å². The summed E-state index contributed by atoms with van der Waals surface area (Å²) in [4.78, 5) is 18.4. The smallest absolute Gasteiger partial charge is 0.282 e. The van der Waals surface area contributed by atoms with Crippen LogP contribution in [0.1, 0.15) is 26.3 Å². The number of halogens is 1. The van der Waals surface area contributed by atoms with Crippen LogP contribution in [-0.2, 0) is 0 Å². The van der Waals surface area contributed by atoms with Gasteiger partial charge in [-0.3, -0.25) is 4.79 Å². The Morgan fingerprint density at radius 2 is 1.74 bits per heavy atom. The Labute approximate surface area is 234 Å². The maximum atomic E-state index is 13.6. The fraction of sp³-hybridized carbons (Fsp3) is 0.233. The lowest BCUT2D eigenvalue weighted by molar-refractivity contribution is 0.191. The highest BCUT2D eigenvalue weighted by molar-refractivity contribution is 9.10. The molecule has 9 heteroatoms. The molecule has 39 heavy (non-hydrogen) atoms. The molecular formula is C30H28BrN3O5. The molecule has 0 spiro atoms. The summed E-state index contributed by atoms with van der Waals surface area (Å²) in [6, 6.07) is 18.1. The molecule has 2 aromatic heterocycles. The maximum Gasteiger partial charge on any atom is 0.282 e. The number of ether oxygens (including phenoxy) is 3. The fourth-order valence-electron chi connectivity index (χ4n) is 4.05. The van der Waals surface area contributed by atoms with Gasteiger partial charge in [-0.25, -0.2) is 4.98 Å². The molecule has 0 bridgehead atoms. The van der Waals surface area contributed by atoms with E-state index in [2.05, 4.69) is 41.8 Å². The van der Waals surface area contributed by atoms with E-state index in [0.717, 1.165) is 9.86 Å². The van der Waals surface area contributed by atoms with Gasteiger partial charge < -0.3 is 18.6 Å². The third-order valence-corrected chi connectivity index (χ3v) is 6.66. The number of nitrogens with zero attached hydrogens (tertiary/aromatic N) is 3. The number of methoxy groups -OCH3 is 2. The van der Waals surface area contributed by atoms with Gasteiger partial charge in [0, 0.05) is 10.0 Å². The van der Waals surface area contributed by atoms with Crippen LogP contribution in [0.5, 0.6) is 17.2 Å². The quantitative estimate of drug-likeness (QED) is 0.192. The Hall–Kier alpha value is -4.11. The van der Waals surface area contributed by atoms with Crippen LogP contribution < -0.4 is 19.8 Å². The number of benzene rings is 3. The largest absolute Gasteiger partial charge is 0.496 e. The molecule has 0 fully saturated rings. The van der Waals surface area contributed by atoms with Gasteiger partial charge in [0.25, 0.3) is 5.56 Å². The Kier molecular flexibility index (Phi) is 7.18. The summed E-state index contributed by atoms with van der Waals surface area (Å²) in [6.07, 6.45) is 1.57. The van der Waals surface area contributed by atoms with Gasteiger partial charge in [0.15, 0.2) is 17.3 Å². The number of hydrogen-bond donors (Lipinski definition) is 0. The van der Waals surface area contributed by atoms with Gasteiger partial charge in [0.1, 0.15) is 11.3 Å². The van der Waals surface area contributed by atoms with E-state index in [4.69, 9.17) is 23.6 Å². The zero-order valence-electron chi connectivity index (χ0n) is 22.3. The van der Waals surface area contributed by atoms with Gasteiger partial charge in [0.05, 0.1) is 43.3 Å². The Bertz CT molecular complexity index is 1770. The Morgan fingerprint density at radius 3 is 2.49 bits per heavy atom. The minimum Gasteiger partial charge on any atom is -0.496 e. The topological polar surface area (TPSA) is 88.1 Å². The third kappa shape index (κ3) is 5.40. The minimum absolute atomic E-state index is 0.0149. The molecule has 200 valence electrons. The van der Waals surface area contributed by atoms with Crippen molar-refractivity contribution in [2.24, 2.45) is 10.5 Å². The van der Waals surface area contributed by atoms with Gasteiger partial charge >= 0.3 is 0 Å². The summed E-state index contributed by atoms with van der Waals surface area (Å²) in [5.41, 5.74) is 1.50. The van der Waals surface area contributed by atoms with Crippen molar-refractivity contribution in [3.8, 4) is 28.8 Å². The fourth-order valence-corrected chi connectivity index (χ4v) is 4.47. The van der Waals surface area contributed by atoms with Crippen LogP contribution >= 0.6 is 15.9 Å². The molecule has 0 saturated heterocycles. The van der Waals surface area contributed by atoms with Crippen molar-refractivity contribution in [3.05, 3.63) is 81.1 Å². The van der Waals surface area contributed by atoms with Crippen LogP contribution in [0.25, 0.3) is 33.5 Å². The van der Waals surface area contributed by atoms with E-state index in [0.29, 0.717) is 51.7 Å². The summed E-state index contributed by atoms with van der Waals surface area (Å²) in [5.74, 6) is 2.47. The lowest BCUT2D eigenvalue weighted by atomic mass is 9.99. The van der Waals surface area contributed by atoms with E-state index in [9.17, 15) is 4.79 Å². The molecule has 0 unspecified atom stereocenters. The number of aromatic nitrogens is 2. The first-order valence-electron chi connectivity index (χ1n) is 12.3. The second kappa shape index (κ2) is 10.6. The van der Waals surface area contributed by atoms with Crippen LogP contribution in [0.2, 0.25) is 0 Å². The molecule has 5 aromatic rings. The lowest BCUT2D eigenvalue weighted by Gasteiger charge is -2.20. The van der Waals surface area contributed by atoms with E-state index in [1.165, 1.54) is 4.68 Å². The summed E-state index contributed by atoms with van der Waals surface area (Å²) >= 11 is 3.60. The molecule has 8 nitrogen and oxygen atoms in total. The molecule has 0 aliphatic heterocycles. The van der Waals surface area contributed by atoms with Crippen LogP contribution in [0.15, 0.2) is 79.4 Å². The molecule has 0 aliphatic rings. The van der Waals surface area contributed by atoms with E-state index < -0.39 is 0 Å². The first kappa shape index (κ1) is 26.5. The number of rotatable bonds is 7. The molecule has 3 aromatic carbocycles. The molecule has 0 atom stereocenters. The molecule has 0 radical (unpaired) electrons. The molecule has 0 N–H and O–H groups in total. The minimum atomic E-state index is -0.326. The van der Waals surface area contributed by atoms with Crippen molar-refractivity contribution in [2.45, 2.75) is 20.8 Å². The Balaban J connectivity index is 1.63. The Morgan fingerprint density at radius 1 is 0.974 bits per heavy atom. The van der Waals surface area contributed by atoms with E-state index >= 15 is 0 Å². The van der Waals surface area contributed by atoms with Crippen LogP contribution in [0, 0.1) is 5.41 Å².